The van der Waals surface area contributed by atoms with Crippen LogP contribution in [0.4, 0.5) is 0 Å². The molecule has 138 valence electrons. The summed E-state index contributed by atoms with van der Waals surface area (Å²) >= 11 is 1.60. The summed E-state index contributed by atoms with van der Waals surface area (Å²) in [5.41, 5.74) is 1.53. The lowest BCUT2D eigenvalue weighted by molar-refractivity contribution is -0.125. The molecule has 7 nitrogen and oxygen atoms in total. The first kappa shape index (κ1) is 18.5. The number of likely N-dealkylation sites (N-methyl/N-ethyl adjacent to an activating group) is 1. The third-order valence-corrected chi connectivity index (χ3v) is 5.19. The molecule has 1 aliphatic heterocycles. The van der Waals surface area contributed by atoms with Crippen LogP contribution in [0.5, 0.6) is 0 Å². The Labute approximate surface area is 156 Å². The van der Waals surface area contributed by atoms with Crippen molar-refractivity contribution in [3.63, 3.8) is 0 Å². The predicted octanol–water partition coefficient (Wildman–Crippen LogP) is 1.36. The number of carbonyl (C=O) groups excluding carboxylic acids is 2. The second-order valence-electron chi connectivity index (χ2n) is 6.34. The second kappa shape index (κ2) is 8.37. The molecular formula is C18H23N5O2S. The number of nitrogens with zero attached hydrogens (tertiary/aromatic N) is 3. The van der Waals surface area contributed by atoms with Crippen molar-refractivity contribution in [1.29, 1.82) is 0 Å². The van der Waals surface area contributed by atoms with Gasteiger partial charge in [0.25, 0.3) is 5.91 Å². The van der Waals surface area contributed by atoms with Gasteiger partial charge in [0, 0.05) is 49.0 Å². The van der Waals surface area contributed by atoms with E-state index >= 15 is 0 Å². The summed E-state index contributed by atoms with van der Waals surface area (Å²) in [6.07, 6.45) is 3.78. The number of nitrogens with one attached hydrogen (secondary N) is 2. The van der Waals surface area contributed by atoms with Gasteiger partial charge in [-0.1, -0.05) is 0 Å². The highest BCUT2D eigenvalue weighted by Gasteiger charge is 2.37. The van der Waals surface area contributed by atoms with Crippen LogP contribution < -0.4 is 10.6 Å². The zero-order chi connectivity index (χ0) is 18.5. The van der Waals surface area contributed by atoms with Crippen LogP contribution in [-0.2, 0) is 11.3 Å². The van der Waals surface area contributed by atoms with Crippen molar-refractivity contribution in [2.24, 2.45) is 0 Å². The van der Waals surface area contributed by atoms with Crippen molar-refractivity contribution >= 4 is 23.2 Å². The van der Waals surface area contributed by atoms with Crippen LogP contribution in [-0.4, -0.2) is 51.9 Å². The average Bonchev–Trinajstić information content (AvgIpc) is 3.22. The maximum Gasteiger partial charge on any atom is 0.251 e. The lowest BCUT2D eigenvalue weighted by Crippen LogP contribution is -2.42. The van der Waals surface area contributed by atoms with Crippen LogP contribution in [0.25, 0.3) is 0 Å². The Kier molecular flexibility index (Phi) is 5.95. The number of hydrogen-bond donors (Lipinski definition) is 2. The quantitative estimate of drug-likeness (QED) is 0.798. The zero-order valence-corrected chi connectivity index (χ0v) is 15.8. The van der Waals surface area contributed by atoms with E-state index < -0.39 is 0 Å². The Bertz CT molecular complexity index is 764. The summed E-state index contributed by atoms with van der Waals surface area (Å²) in [7, 11) is 0. The summed E-state index contributed by atoms with van der Waals surface area (Å²) in [5.74, 6) is -0.140. The molecule has 2 aromatic rings. The Morgan fingerprint density at radius 3 is 2.77 bits per heavy atom. The Morgan fingerprint density at radius 1 is 1.35 bits per heavy atom. The van der Waals surface area contributed by atoms with E-state index in [4.69, 9.17) is 0 Å². The van der Waals surface area contributed by atoms with E-state index in [1.54, 1.807) is 35.9 Å². The van der Waals surface area contributed by atoms with Crippen molar-refractivity contribution in [3.8, 4) is 0 Å². The molecule has 1 saturated heterocycles. The molecule has 0 aromatic carbocycles. The molecule has 3 rings (SSSR count). The number of rotatable bonds is 6. The molecule has 2 amide bonds. The Hall–Kier alpha value is -2.32. The number of hydrogen-bond acceptors (Lipinski definition) is 6. The van der Waals surface area contributed by atoms with E-state index in [9.17, 15) is 9.59 Å². The van der Waals surface area contributed by atoms with Crippen molar-refractivity contribution in [3.05, 3.63) is 46.2 Å². The molecule has 0 radical (unpaired) electrons. The number of aryl methyl sites for hydroxylation is 1. The maximum absolute atomic E-state index is 12.5. The van der Waals surface area contributed by atoms with Gasteiger partial charge >= 0.3 is 0 Å². The number of aromatic nitrogens is 2. The minimum absolute atomic E-state index is 0.000103. The largest absolute Gasteiger partial charge is 0.355 e. The highest BCUT2D eigenvalue weighted by molar-refractivity contribution is 7.09. The van der Waals surface area contributed by atoms with Crippen molar-refractivity contribution in [2.75, 3.05) is 13.1 Å². The van der Waals surface area contributed by atoms with E-state index in [1.807, 2.05) is 19.2 Å². The molecule has 0 spiro atoms. The maximum atomic E-state index is 12.5. The van der Waals surface area contributed by atoms with Crippen LogP contribution in [0, 0.1) is 6.92 Å². The lowest BCUT2D eigenvalue weighted by Gasteiger charge is -2.22. The van der Waals surface area contributed by atoms with Crippen LogP contribution >= 0.6 is 11.3 Å². The molecule has 0 aliphatic carbocycles. The molecule has 8 heteroatoms. The highest BCUT2D eigenvalue weighted by Crippen LogP contribution is 2.22. The normalized spacial score (nSPS) is 20.1. The fourth-order valence-corrected chi connectivity index (χ4v) is 3.81. The molecule has 2 atom stereocenters. The van der Waals surface area contributed by atoms with Crippen molar-refractivity contribution in [2.45, 2.75) is 38.9 Å². The Balaban J connectivity index is 1.68. The molecule has 1 fully saturated rings. The Morgan fingerprint density at radius 2 is 2.12 bits per heavy atom. The van der Waals surface area contributed by atoms with Crippen LogP contribution in [0.3, 0.4) is 0 Å². The summed E-state index contributed by atoms with van der Waals surface area (Å²) in [6.45, 7) is 5.69. The van der Waals surface area contributed by atoms with Gasteiger partial charge in [-0.25, -0.2) is 4.98 Å². The molecule has 0 unspecified atom stereocenters. The zero-order valence-electron chi connectivity index (χ0n) is 14.9. The van der Waals surface area contributed by atoms with Crippen LogP contribution in [0.1, 0.15) is 34.4 Å². The van der Waals surface area contributed by atoms with Crippen LogP contribution in [0.15, 0.2) is 29.9 Å². The SMILES string of the molecule is CCNC(=O)[C@@H]1C[C@H](NC(=O)c2ccncc2)CN1Cc1csc(C)n1. The summed E-state index contributed by atoms with van der Waals surface area (Å²) < 4.78 is 0. The van der Waals surface area contributed by atoms with Gasteiger partial charge in [-0.3, -0.25) is 19.5 Å². The molecule has 1 aliphatic rings. The number of likely N-dealkylation sites (tertiary alicyclic amines) is 1. The molecule has 2 N–H and O–H groups in total. The summed E-state index contributed by atoms with van der Waals surface area (Å²) in [6, 6.07) is 3.02. The molecule has 0 saturated carbocycles. The minimum atomic E-state index is -0.264. The first-order chi connectivity index (χ1) is 12.6. The van der Waals surface area contributed by atoms with Gasteiger partial charge in [-0.2, -0.15) is 0 Å². The minimum Gasteiger partial charge on any atom is -0.355 e. The topological polar surface area (TPSA) is 87.2 Å². The second-order valence-corrected chi connectivity index (χ2v) is 7.40. The number of amides is 2. The van der Waals surface area contributed by atoms with Crippen molar-refractivity contribution in [1.82, 2.24) is 25.5 Å². The van der Waals surface area contributed by atoms with Gasteiger partial charge in [0.2, 0.25) is 5.91 Å². The number of pyridine rings is 1. The van der Waals surface area contributed by atoms with Gasteiger partial charge in [0.1, 0.15) is 0 Å². The monoisotopic (exact) mass is 373 g/mol. The van der Waals surface area contributed by atoms with Crippen molar-refractivity contribution < 1.29 is 9.59 Å². The first-order valence-electron chi connectivity index (χ1n) is 8.70. The fraction of sp³-hybridized carbons (Fsp3) is 0.444. The van der Waals surface area contributed by atoms with E-state index in [1.165, 1.54) is 0 Å². The van der Waals surface area contributed by atoms with E-state index in [-0.39, 0.29) is 23.9 Å². The molecule has 26 heavy (non-hydrogen) atoms. The smallest absolute Gasteiger partial charge is 0.251 e. The first-order valence-corrected chi connectivity index (χ1v) is 9.58. The predicted molar refractivity (Wildman–Crippen MR) is 99.8 cm³/mol. The fourth-order valence-electron chi connectivity index (χ4n) is 3.21. The van der Waals surface area contributed by atoms with Gasteiger partial charge in [0.05, 0.1) is 16.7 Å². The summed E-state index contributed by atoms with van der Waals surface area (Å²) in [5, 5.41) is 8.96. The molecule has 3 heterocycles. The number of carbonyl (C=O) groups is 2. The lowest BCUT2D eigenvalue weighted by atomic mass is 10.1. The number of thiazole rings is 1. The standard InChI is InChI=1S/C18H23N5O2S/c1-3-20-18(25)16-8-14(22-17(24)13-4-6-19-7-5-13)9-23(16)10-15-11-26-12(2)21-15/h4-7,11,14,16H,3,8-10H2,1-2H3,(H,20,25)(H,22,24)/t14-,16-/m0/s1. The molecule has 2 aromatic heterocycles. The summed E-state index contributed by atoms with van der Waals surface area (Å²) in [4.78, 5) is 35.4. The molecular weight excluding hydrogens is 350 g/mol. The van der Waals surface area contributed by atoms with Gasteiger partial charge in [-0.05, 0) is 32.4 Å². The third-order valence-electron chi connectivity index (χ3n) is 4.37. The highest BCUT2D eigenvalue weighted by atomic mass is 32.1. The van der Waals surface area contributed by atoms with E-state index in [2.05, 4.69) is 25.5 Å². The average molecular weight is 373 g/mol. The van der Waals surface area contributed by atoms with E-state index in [0.29, 0.717) is 31.6 Å². The van der Waals surface area contributed by atoms with Gasteiger partial charge < -0.3 is 10.6 Å². The molecule has 0 bridgehead atoms. The van der Waals surface area contributed by atoms with Gasteiger partial charge in [0.15, 0.2) is 0 Å². The van der Waals surface area contributed by atoms with Crippen LogP contribution in [0.2, 0.25) is 0 Å². The van der Waals surface area contributed by atoms with E-state index in [0.717, 1.165) is 10.7 Å². The third kappa shape index (κ3) is 4.44. The van der Waals surface area contributed by atoms with Gasteiger partial charge in [-0.15, -0.1) is 11.3 Å².